The molecule has 3 heterocycles. The number of furan rings is 1. The van der Waals surface area contributed by atoms with E-state index in [9.17, 15) is 9.59 Å². The number of nitrogens with two attached hydrogens (primary N) is 2. The van der Waals surface area contributed by atoms with Crippen molar-refractivity contribution in [2.24, 2.45) is 5.73 Å². The number of carbonyl (C=O) groups is 1. The third-order valence-corrected chi connectivity index (χ3v) is 4.22. The number of hydrogen-bond acceptors (Lipinski definition) is 5. The molecule has 0 saturated heterocycles. The minimum Gasteiger partial charge on any atom is -0.463 e. The van der Waals surface area contributed by atoms with Crippen LogP contribution in [-0.2, 0) is 13.0 Å². The molecule has 7 nitrogen and oxygen atoms in total. The number of carbonyl (C=O) groups excluding carboxylic acids is 1. The molecular weight excluding hydrogens is 344 g/mol. The first kappa shape index (κ1) is 18.0. The van der Waals surface area contributed by atoms with Gasteiger partial charge in [0.05, 0.1) is 11.8 Å². The van der Waals surface area contributed by atoms with Crippen molar-refractivity contribution >= 4 is 11.7 Å². The zero-order chi connectivity index (χ0) is 19.6. The molecule has 0 aliphatic carbocycles. The summed E-state index contributed by atoms with van der Waals surface area (Å²) in [4.78, 5) is 28.4. The maximum atomic E-state index is 12.0. The Morgan fingerprint density at radius 3 is 2.74 bits per heavy atom. The molecule has 1 amide bonds. The number of pyridine rings is 2. The Morgan fingerprint density at radius 1 is 1.37 bits per heavy atom. The first-order chi connectivity index (χ1) is 13.0. The van der Waals surface area contributed by atoms with E-state index in [-0.39, 0.29) is 23.4 Å². The molecule has 0 bridgehead atoms. The van der Waals surface area contributed by atoms with Crippen LogP contribution in [0.1, 0.15) is 22.8 Å². The van der Waals surface area contributed by atoms with E-state index in [0.717, 1.165) is 0 Å². The van der Waals surface area contributed by atoms with E-state index in [1.807, 2.05) is 6.92 Å². The number of primary amides is 1. The third-order valence-electron chi connectivity index (χ3n) is 4.22. The lowest BCUT2D eigenvalue weighted by Gasteiger charge is -2.17. The maximum Gasteiger partial charge on any atom is 0.252 e. The largest absolute Gasteiger partial charge is 0.463 e. The average Bonchev–Trinajstić information content (AvgIpc) is 3.16. The molecule has 0 spiro atoms. The van der Waals surface area contributed by atoms with Gasteiger partial charge in [-0.05, 0) is 30.7 Å². The van der Waals surface area contributed by atoms with Crippen molar-refractivity contribution in [2.45, 2.75) is 19.9 Å². The molecule has 0 fully saturated rings. The van der Waals surface area contributed by atoms with E-state index >= 15 is 0 Å². The molecule has 7 heteroatoms. The molecule has 27 heavy (non-hydrogen) atoms. The maximum absolute atomic E-state index is 12.0. The Bertz CT molecular complexity index is 1110. The fraction of sp³-hybridized carbons (Fsp3) is 0.150. The van der Waals surface area contributed by atoms with E-state index in [4.69, 9.17) is 22.3 Å². The van der Waals surface area contributed by atoms with Crippen LogP contribution in [0.25, 0.3) is 22.6 Å². The van der Waals surface area contributed by atoms with Gasteiger partial charge in [-0.25, -0.2) is 4.98 Å². The van der Waals surface area contributed by atoms with Gasteiger partial charge in [0.2, 0.25) is 0 Å². The van der Waals surface area contributed by atoms with Crippen LogP contribution in [-0.4, -0.2) is 15.5 Å². The van der Waals surface area contributed by atoms with Crippen LogP contribution in [0.15, 0.2) is 45.9 Å². The summed E-state index contributed by atoms with van der Waals surface area (Å²) >= 11 is 0. The van der Waals surface area contributed by atoms with Crippen LogP contribution >= 0.6 is 0 Å². The van der Waals surface area contributed by atoms with Crippen LogP contribution in [0.2, 0.25) is 0 Å². The summed E-state index contributed by atoms with van der Waals surface area (Å²) in [6, 6.07) is 6.54. The molecule has 0 atom stereocenters. The summed E-state index contributed by atoms with van der Waals surface area (Å²) in [5, 5.41) is 0. The number of nitrogen functional groups attached to an aromatic ring is 1. The zero-order valence-corrected chi connectivity index (χ0v) is 14.7. The molecule has 0 aliphatic rings. The smallest absolute Gasteiger partial charge is 0.252 e. The minimum atomic E-state index is -0.721. The second kappa shape index (κ2) is 7.22. The highest BCUT2D eigenvalue weighted by molar-refractivity contribution is 6.02. The second-order valence-electron chi connectivity index (χ2n) is 5.84. The summed E-state index contributed by atoms with van der Waals surface area (Å²) in [5.41, 5.74) is 13.6. The summed E-state index contributed by atoms with van der Waals surface area (Å²) in [5.74, 6) is 2.25. The highest BCUT2D eigenvalue weighted by atomic mass is 16.3. The molecule has 0 aromatic carbocycles. The van der Waals surface area contributed by atoms with Crippen molar-refractivity contribution in [3.63, 3.8) is 0 Å². The number of terminal acetylenes is 1. The standard InChI is InChI=1S/C20H18N4O3/c1-3-6-13-16(12-8-9-15(25)24(4-2)11-12)18(14-7-5-10-27-14)23-19(21)17(13)20(22)26/h1,5,7-11H,4,6H2,2H3,(H2,21,23)(H2,22,26). The number of aromatic nitrogens is 2. The molecule has 4 N–H and O–H groups in total. The average molecular weight is 362 g/mol. The van der Waals surface area contributed by atoms with E-state index in [1.165, 1.54) is 12.3 Å². The van der Waals surface area contributed by atoms with E-state index in [0.29, 0.717) is 34.7 Å². The number of anilines is 1. The summed E-state index contributed by atoms with van der Waals surface area (Å²) in [7, 11) is 0. The summed E-state index contributed by atoms with van der Waals surface area (Å²) < 4.78 is 7.04. The third kappa shape index (κ3) is 3.20. The molecule has 3 aromatic heterocycles. The van der Waals surface area contributed by atoms with Crippen LogP contribution in [0, 0.1) is 12.3 Å². The van der Waals surface area contributed by atoms with E-state index in [2.05, 4.69) is 10.9 Å². The lowest BCUT2D eigenvalue weighted by molar-refractivity contribution is 0.1000. The minimum absolute atomic E-state index is 0.0216. The van der Waals surface area contributed by atoms with Crippen LogP contribution in [0.3, 0.4) is 0 Å². The van der Waals surface area contributed by atoms with Crippen LogP contribution < -0.4 is 17.0 Å². The monoisotopic (exact) mass is 362 g/mol. The van der Waals surface area contributed by atoms with Gasteiger partial charge in [-0.3, -0.25) is 9.59 Å². The van der Waals surface area contributed by atoms with Gasteiger partial charge in [-0.15, -0.1) is 12.3 Å². The Balaban J connectivity index is 2.45. The number of rotatable bonds is 5. The molecule has 3 rings (SSSR count). The summed E-state index contributed by atoms with van der Waals surface area (Å²) in [6.45, 7) is 2.34. The lowest BCUT2D eigenvalue weighted by atomic mass is 9.92. The van der Waals surface area contributed by atoms with Crippen molar-refractivity contribution in [1.29, 1.82) is 0 Å². The molecule has 136 valence electrons. The molecule has 0 saturated carbocycles. The fourth-order valence-corrected chi connectivity index (χ4v) is 3.04. The fourth-order valence-electron chi connectivity index (χ4n) is 3.04. The lowest BCUT2D eigenvalue weighted by Crippen LogP contribution is -2.20. The van der Waals surface area contributed by atoms with Crippen molar-refractivity contribution in [1.82, 2.24) is 9.55 Å². The first-order valence-electron chi connectivity index (χ1n) is 8.28. The van der Waals surface area contributed by atoms with Crippen LogP contribution in [0.5, 0.6) is 0 Å². The second-order valence-corrected chi connectivity index (χ2v) is 5.84. The Labute approximate surface area is 155 Å². The Morgan fingerprint density at radius 2 is 2.15 bits per heavy atom. The number of amides is 1. The van der Waals surface area contributed by atoms with Gasteiger partial charge < -0.3 is 20.5 Å². The number of aryl methyl sites for hydroxylation is 1. The normalized spacial score (nSPS) is 10.5. The number of nitrogens with zero attached hydrogens (tertiary/aromatic N) is 2. The summed E-state index contributed by atoms with van der Waals surface area (Å²) in [6.07, 6.45) is 8.84. The van der Waals surface area contributed by atoms with Crippen molar-refractivity contribution in [3.05, 3.63) is 58.2 Å². The van der Waals surface area contributed by atoms with Gasteiger partial charge in [0, 0.05) is 36.4 Å². The van der Waals surface area contributed by atoms with E-state index in [1.54, 1.807) is 29.0 Å². The zero-order valence-electron chi connectivity index (χ0n) is 14.7. The predicted molar refractivity (Wildman–Crippen MR) is 103 cm³/mol. The van der Waals surface area contributed by atoms with Crippen molar-refractivity contribution in [2.75, 3.05) is 5.73 Å². The van der Waals surface area contributed by atoms with Gasteiger partial charge in [-0.1, -0.05) is 0 Å². The first-order valence-corrected chi connectivity index (χ1v) is 8.28. The molecule has 0 radical (unpaired) electrons. The van der Waals surface area contributed by atoms with Gasteiger partial charge in [0.15, 0.2) is 5.76 Å². The highest BCUT2D eigenvalue weighted by Crippen LogP contribution is 2.37. The number of hydrogen-bond donors (Lipinski definition) is 2. The SMILES string of the molecule is C#CCc1c(C(N)=O)c(N)nc(-c2ccco2)c1-c1ccc(=O)n(CC)c1. The quantitative estimate of drug-likeness (QED) is 0.674. The Hall–Kier alpha value is -3.79. The van der Waals surface area contributed by atoms with E-state index < -0.39 is 5.91 Å². The van der Waals surface area contributed by atoms with Gasteiger partial charge in [-0.2, -0.15) is 0 Å². The molecule has 3 aromatic rings. The molecular formula is C20H18N4O3. The van der Waals surface area contributed by atoms with Crippen molar-refractivity contribution in [3.8, 4) is 34.9 Å². The van der Waals surface area contributed by atoms with Gasteiger partial charge in [0.1, 0.15) is 11.5 Å². The van der Waals surface area contributed by atoms with Crippen LogP contribution in [0.4, 0.5) is 5.82 Å². The Kier molecular flexibility index (Phi) is 4.81. The molecule has 0 unspecified atom stereocenters. The topological polar surface area (TPSA) is 117 Å². The molecule has 0 aliphatic heterocycles. The van der Waals surface area contributed by atoms with Gasteiger partial charge in [0.25, 0.3) is 11.5 Å². The highest BCUT2D eigenvalue weighted by Gasteiger charge is 2.24. The van der Waals surface area contributed by atoms with Gasteiger partial charge >= 0.3 is 0 Å². The predicted octanol–water partition coefficient (Wildman–Crippen LogP) is 2.05. The van der Waals surface area contributed by atoms with Crippen molar-refractivity contribution < 1.29 is 9.21 Å².